The molecule has 2 aromatic carbocycles. The summed E-state index contributed by atoms with van der Waals surface area (Å²) < 4.78 is 26.4. The molecule has 192 valence electrons. The molecule has 0 unspecified atom stereocenters. The molecule has 35 heavy (non-hydrogen) atoms. The highest BCUT2D eigenvalue weighted by atomic mass is 35.5. The zero-order valence-electron chi connectivity index (χ0n) is 21.2. The van der Waals surface area contributed by atoms with Gasteiger partial charge in [-0.05, 0) is 68.5 Å². The van der Waals surface area contributed by atoms with Gasteiger partial charge in [0, 0.05) is 31.1 Å². The number of aryl methyl sites for hydroxylation is 1. The predicted molar refractivity (Wildman–Crippen MR) is 142 cm³/mol. The Bertz CT molecular complexity index is 1120. The number of benzene rings is 2. The van der Waals surface area contributed by atoms with E-state index >= 15 is 0 Å². The van der Waals surface area contributed by atoms with Crippen LogP contribution in [-0.4, -0.2) is 50.5 Å². The van der Waals surface area contributed by atoms with Gasteiger partial charge in [-0.3, -0.25) is 13.9 Å². The molecule has 2 aromatic rings. The summed E-state index contributed by atoms with van der Waals surface area (Å²) in [5.41, 5.74) is 3.35. The van der Waals surface area contributed by atoms with Gasteiger partial charge in [0.05, 0.1) is 11.9 Å². The highest BCUT2D eigenvalue weighted by Crippen LogP contribution is 2.25. The first-order valence-electron chi connectivity index (χ1n) is 11.8. The van der Waals surface area contributed by atoms with E-state index in [4.69, 9.17) is 11.6 Å². The lowest BCUT2D eigenvalue weighted by atomic mass is 10.1. The molecule has 2 rings (SSSR count). The summed E-state index contributed by atoms with van der Waals surface area (Å²) in [4.78, 5) is 27.5. The zero-order valence-corrected chi connectivity index (χ0v) is 22.7. The van der Waals surface area contributed by atoms with Crippen molar-refractivity contribution in [3.8, 4) is 0 Å². The van der Waals surface area contributed by atoms with E-state index < -0.39 is 16.1 Å². The number of hydrogen-bond donors (Lipinski definition) is 1. The molecule has 0 aliphatic carbocycles. The summed E-state index contributed by atoms with van der Waals surface area (Å²) in [6.45, 7) is 8.44. The van der Waals surface area contributed by atoms with Crippen molar-refractivity contribution in [1.29, 1.82) is 0 Å². The fraction of sp³-hybridized carbons (Fsp3) is 0.462. The normalized spacial score (nSPS) is 12.2. The lowest BCUT2D eigenvalue weighted by Crippen LogP contribution is -2.47. The van der Waals surface area contributed by atoms with Gasteiger partial charge in [-0.1, -0.05) is 42.8 Å². The van der Waals surface area contributed by atoms with Crippen LogP contribution in [0.15, 0.2) is 42.5 Å². The van der Waals surface area contributed by atoms with Gasteiger partial charge in [0.2, 0.25) is 21.8 Å². The number of carbonyl (C=O) groups is 2. The van der Waals surface area contributed by atoms with Gasteiger partial charge < -0.3 is 10.2 Å². The molecule has 0 radical (unpaired) electrons. The summed E-state index contributed by atoms with van der Waals surface area (Å²) in [7, 11) is -3.54. The number of sulfonamides is 1. The number of halogens is 1. The fourth-order valence-electron chi connectivity index (χ4n) is 3.75. The SMILES string of the molecule is CCCNC(=O)[C@@H](C)N(Cc1ccc(Cl)cc1)C(=O)CCCN(c1cccc(C)c1C)S(C)(=O)=O. The van der Waals surface area contributed by atoms with Crippen LogP contribution in [0.1, 0.15) is 49.8 Å². The maximum absolute atomic E-state index is 13.3. The minimum atomic E-state index is -3.54. The highest BCUT2D eigenvalue weighted by molar-refractivity contribution is 7.92. The van der Waals surface area contributed by atoms with Crippen LogP contribution in [0.25, 0.3) is 0 Å². The maximum atomic E-state index is 13.3. The molecular weight excluding hydrogens is 486 g/mol. The zero-order chi connectivity index (χ0) is 26.2. The number of amides is 2. The second kappa shape index (κ2) is 12.9. The van der Waals surface area contributed by atoms with Crippen LogP contribution in [0.5, 0.6) is 0 Å². The van der Waals surface area contributed by atoms with Crippen molar-refractivity contribution >= 4 is 39.1 Å². The van der Waals surface area contributed by atoms with Crippen LogP contribution in [0.3, 0.4) is 0 Å². The van der Waals surface area contributed by atoms with Crippen molar-refractivity contribution in [3.63, 3.8) is 0 Å². The molecule has 0 aromatic heterocycles. The topological polar surface area (TPSA) is 86.8 Å². The number of carbonyl (C=O) groups excluding carboxylic acids is 2. The standard InChI is InChI=1S/C26H36ClN3O4S/c1-6-16-28-26(32)21(4)29(18-22-12-14-23(27)15-13-22)25(31)11-8-17-30(35(5,33)34)24-10-7-9-19(2)20(24)3/h7,9-10,12-15,21H,6,8,11,16-18H2,1-5H3,(H,28,32)/t21-/m1/s1. The molecular formula is C26H36ClN3O4S. The Morgan fingerprint density at radius 2 is 1.74 bits per heavy atom. The Hall–Kier alpha value is -2.58. The van der Waals surface area contributed by atoms with E-state index in [9.17, 15) is 18.0 Å². The lowest BCUT2D eigenvalue weighted by Gasteiger charge is -2.29. The molecule has 0 aliphatic heterocycles. The van der Waals surface area contributed by atoms with Gasteiger partial charge in [-0.25, -0.2) is 8.42 Å². The van der Waals surface area contributed by atoms with Crippen molar-refractivity contribution in [2.24, 2.45) is 0 Å². The van der Waals surface area contributed by atoms with Crippen molar-refractivity contribution in [2.45, 2.75) is 59.5 Å². The number of nitrogens with one attached hydrogen (secondary N) is 1. The van der Waals surface area contributed by atoms with Crippen molar-refractivity contribution in [3.05, 3.63) is 64.2 Å². The Kier molecular flexibility index (Phi) is 10.6. The van der Waals surface area contributed by atoms with Crippen LogP contribution in [0, 0.1) is 13.8 Å². The molecule has 0 saturated heterocycles. The Labute approximate surface area is 214 Å². The summed E-state index contributed by atoms with van der Waals surface area (Å²) in [5, 5.41) is 3.44. The summed E-state index contributed by atoms with van der Waals surface area (Å²) in [6, 6.07) is 12.0. The van der Waals surface area contributed by atoms with Crippen LogP contribution in [0.4, 0.5) is 5.69 Å². The summed E-state index contributed by atoms with van der Waals surface area (Å²) >= 11 is 5.99. The Balaban J connectivity index is 2.18. The number of hydrogen-bond acceptors (Lipinski definition) is 4. The van der Waals surface area contributed by atoms with Crippen molar-refractivity contribution in [1.82, 2.24) is 10.2 Å². The average molecular weight is 522 g/mol. The second-order valence-electron chi connectivity index (χ2n) is 8.77. The third-order valence-corrected chi connectivity index (χ3v) is 7.41. The fourth-order valence-corrected chi connectivity index (χ4v) is 4.90. The number of nitrogens with zero attached hydrogens (tertiary/aromatic N) is 2. The van der Waals surface area contributed by atoms with E-state index in [-0.39, 0.29) is 31.3 Å². The van der Waals surface area contributed by atoms with E-state index in [2.05, 4.69) is 5.32 Å². The van der Waals surface area contributed by atoms with Gasteiger partial charge in [-0.15, -0.1) is 0 Å². The van der Waals surface area contributed by atoms with Gasteiger partial charge in [0.25, 0.3) is 0 Å². The highest BCUT2D eigenvalue weighted by Gasteiger charge is 2.26. The smallest absolute Gasteiger partial charge is 0.242 e. The largest absolute Gasteiger partial charge is 0.354 e. The molecule has 2 amide bonds. The van der Waals surface area contributed by atoms with Crippen molar-refractivity contribution in [2.75, 3.05) is 23.7 Å². The molecule has 1 atom stereocenters. The molecule has 1 N–H and O–H groups in total. The van der Waals surface area contributed by atoms with Gasteiger partial charge in [-0.2, -0.15) is 0 Å². The lowest BCUT2D eigenvalue weighted by molar-refractivity contribution is -0.140. The van der Waals surface area contributed by atoms with E-state index in [1.165, 1.54) is 15.5 Å². The molecule has 0 aliphatic rings. The third-order valence-electron chi connectivity index (χ3n) is 5.98. The van der Waals surface area contributed by atoms with E-state index in [0.29, 0.717) is 23.7 Å². The second-order valence-corrected chi connectivity index (χ2v) is 11.1. The van der Waals surface area contributed by atoms with Gasteiger partial charge >= 0.3 is 0 Å². The molecule has 0 heterocycles. The first kappa shape index (κ1) is 28.7. The predicted octanol–water partition coefficient (Wildman–Crippen LogP) is 4.45. The minimum absolute atomic E-state index is 0.107. The van der Waals surface area contributed by atoms with E-state index in [1.54, 1.807) is 25.1 Å². The molecule has 0 bridgehead atoms. The van der Waals surface area contributed by atoms with E-state index in [1.807, 2.05) is 45.0 Å². The average Bonchev–Trinajstić information content (AvgIpc) is 2.80. The Morgan fingerprint density at radius 3 is 2.34 bits per heavy atom. The first-order valence-corrected chi connectivity index (χ1v) is 14.0. The number of anilines is 1. The molecule has 0 saturated carbocycles. The van der Waals surface area contributed by atoms with Gasteiger partial charge in [0.1, 0.15) is 6.04 Å². The summed E-state index contributed by atoms with van der Waals surface area (Å²) in [5.74, 6) is -0.434. The van der Waals surface area contributed by atoms with Crippen molar-refractivity contribution < 1.29 is 18.0 Å². The molecule has 0 spiro atoms. The minimum Gasteiger partial charge on any atom is -0.354 e. The van der Waals surface area contributed by atoms with Crippen LogP contribution < -0.4 is 9.62 Å². The molecule has 9 heteroatoms. The van der Waals surface area contributed by atoms with Crippen LogP contribution >= 0.6 is 11.6 Å². The maximum Gasteiger partial charge on any atom is 0.242 e. The third kappa shape index (κ3) is 8.25. The van der Waals surface area contributed by atoms with Gasteiger partial charge in [0.15, 0.2) is 0 Å². The Morgan fingerprint density at radius 1 is 1.09 bits per heavy atom. The number of rotatable bonds is 12. The summed E-state index contributed by atoms with van der Waals surface area (Å²) in [6.07, 6.45) is 2.39. The first-order chi connectivity index (χ1) is 16.5. The molecule has 7 nitrogen and oxygen atoms in total. The quantitative estimate of drug-likeness (QED) is 0.447. The van der Waals surface area contributed by atoms with Crippen LogP contribution in [-0.2, 0) is 26.2 Å². The van der Waals surface area contributed by atoms with E-state index in [0.717, 1.165) is 23.1 Å². The molecule has 0 fully saturated rings. The van der Waals surface area contributed by atoms with Crippen LogP contribution in [0.2, 0.25) is 5.02 Å². The monoisotopic (exact) mass is 521 g/mol.